The monoisotopic (exact) mass is 284 g/mol. The second kappa shape index (κ2) is 5.56. The average molecular weight is 286 g/mol. The van der Waals surface area contributed by atoms with Crippen LogP contribution in [0, 0.1) is 0 Å². The molecule has 1 unspecified atom stereocenters. The van der Waals surface area contributed by atoms with Crippen molar-refractivity contribution >= 4 is 48.7 Å². The van der Waals surface area contributed by atoms with Gasteiger partial charge in [0.1, 0.15) is 8.22 Å². The summed E-state index contributed by atoms with van der Waals surface area (Å²) in [4.78, 5) is 0. The second-order valence-corrected chi connectivity index (χ2v) is 8.49. The smallest absolute Gasteiger partial charge is 0.241 e. The first-order valence-corrected chi connectivity index (χ1v) is 6.70. The summed E-state index contributed by atoms with van der Waals surface area (Å²) in [7, 11) is 2.70. The molecule has 1 aromatic carbocycles. The van der Waals surface area contributed by atoms with Gasteiger partial charge in [0.15, 0.2) is 0 Å². The van der Waals surface area contributed by atoms with Gasteiger partial charge in [-0.05, 0) is 26.2 Å². The first kappa shape index (κ1) is 13.3. The maximum absolute atomic E-state index is 5.90. The van der Waals surface area contributed by atoms with Crippen LogP contribution in [0.3, 0.4) is 0 Å². The minimum atomic E-state index is -1.31. The Hall–Kier alpha value is 0.280. The molecule has 1 rings (SSSR count). The zero-order valence-electron chi connectivity index (χ0n) is 8.42. The molecule has 0 spiro atoms. The quantitative estimate of drug-likeness (QED) is 0.658. The summed E-state index contributed by atoms with van der Waals surface area (Å²) in [6.07, 6.45) is 0. The molecule has 0 aromatic heterocycles. The van der Waals surface area contributed by atoms with E-state index >= 15 is 0 Å². The molecule has 84 valence electrons. The summed E-state index contributed by atoms with van der Waals surface area (Å²) in [5, 5.41) is 3.21. The number of nitrogens with zero attached hydrogens (tertiary/aromatic N) is 1. The lowest BCUT2D eigenvalue weighted by molar-refractivity contribution is 0.678. The van der Waals surface area contributed by atoms with E-state index in [1.807, 2.05) is 49.1 Å². The van der Waals surface area contributed by atoms with Crippen molar-refractivity contribution in [2.45, 2.75) is 3.53 Å². The molecule has 0 saturated heterocycles. The van der Waals surface area contributed by atoms with E-state index in [9.17, 15) is 0 Å². The predicted molar refractivity (Wildman–Crippen MR) is 71.0 cm³/mol. The van der Waals surface area contributed by atoms with E-state index < -0.39 is 11.8 Å². The van der Waals surface area contributed by atoms with Gasteiger partial charge >= 0.3 is 0 Å². The number of nitrogens with one attached hydrogen (secondary N) is 1. The zero-order valence-corrected chi connectivity index (χ0v) is 11.6. The average Bonchev–Trinajstić information content (AvgIpc) is 2.13. The third-order valence-electron chi connectivity index (χ3n) is 1.65. The summed E-state index contributed by atoms with van der Waals surface area (Å²) in [5.74, 6) is 0. The van der Waals surface area contributed by atoms with Crippen LogP contribution in [0.4, 0.5) is 5.69 Å². The van der Waals surface area contributed by atoms with E-state index in [1.165, 1.54) is 0 Å². The number of halogens is 3. The van der Waals surface area contributed by atoms with Crippen molar-refractivity contribution < 1.29 is 0 Å². The molecule has 15 heavy (non-hydrogen) atoms. The molecular weight excluding hydrogens is 273 g/mol. The van der Waals surface area contributed by atoms with Crippen LogP contribution in [0.5, 0.6) is 0 Å². The zero-order chi connectivity index (χ0) is 11.5. The van der Waals surface area contributed by atoms with Crippen LogP contribution in [0.2, 0.25) is 0 Å². The van der Waals surface area contributed by atoms with Gasteiger partial charge in [-0.3, -0.25) is 4.67 Å². The van der Waals surface area contributed by atoms with Crippen LogP contribution in [-0.2, 0) is 0 Å². The van der Waals surface area contributed by atoms with Crippen molar-refractivity contribution in [3.05, 3.63) is 30.3 Å². The van der Waals surface area contributed by atoms with Crippen LogP contribution in [0.1, 0.15) is 0 Å². The van der Waals surface area contributed by atoms with Crippen molar-refractivity contribution in [2.75, 3.05) is 19.2 Å². The van der Waals surface area contributed by atoms with Gasteiger partial charge in [-0.25, -0.2) is 0 Å². The van der Waals surface area contributed by atoms with Crippen molar-refractivity contribution in [3.63, 3.8) is 0 Å². The van der Waals surface area contributed by atoms with Gasteiger partial charge < -0.3 is 5.09 Å². The molecule has 0 aliphatic heterocycles. The van der Waals surface area contributed by atoms with Crippen molar-refractivity contribution in [1.82, 2.24) is 4.67 Å². The number of anilines is 1. The molecule has 2 nitrogen and oxygen atoms in total. The molecule has 0 radical (unpaired) electrons. The Bertz CT molecular complexity index is 300. The van der Waals surface area contributed by atoms with E-state index in [0.717, 1.165) is 5.69 Å². The van der Waals surface area contributed by atoms with Crippen molar-refractivity contribution in [2.24, 2.45) is 0 Å². The standard InChI is InChI=1S/C9H12Cl3N2P/c1-14(2)15(9(10,11)12)13-8-6-4-3-5-7-8/h3-7,13H,1-2H3. The van der Waals surface area contributed by atoms with Gasteiger partial charge in [0.05, 0.1) is 0 Å². The Balaban J connectivity index is 2.77. The number of hydrogen-bond donors (Lipinski definition) is 1. The molecule has 0 heterocycles. The first-order chi connectivity index (χ1) is 6.91. The van der Waals surface area contributed by atoms with Crippen LogP contribution in [0.25, 0.3) is 0 Å². The Labute approximate surface area is 106 Å². The fraction of sp³-hybridized carbons (Fsp3) is 0.333. The molecule has 1 atom stereocenters. The molecule has 1 aromatic rings. The fourth-order valence-corrected chi connectivity index (χ4v) is 3.94. The Morgan fingerprint density at radius 1 is 1.13 bits per heavy atom. The summed E-state index contributed by atoms with van der Waals surface area (Å²) >= 11 is 17.7. The highest BCUT2D eigenvalue weighted by molar-refractivity contribution is 7.65. The lowest BCUT2D eigenvalue weighted by Crippen LogP contribution is -2.19. The highest BCUT2D eigenvalue weighted by Gasteiger charge is 2.34. The van der Waals surface area contributed by atoms with Crippen LogP contribution in [0.15, 0.2) is 30.3 Å². The molecule has 0 bridgehead atoms. The van der Waals surface area contributed by atoms with Gasteiger partial charge in [-0.2, -0.15) is 0 Å². The summed E-state index contributed by atoms with van der Waals surface area (Å²) in [6, 6.07) is 9.69. The minimum Gasteiger partial charge on any atom is -0.349 e. The number of alkyl halides is 3. The largest absolute Gasteiger partial charge is 0.349 e. The first-order valence-electron chi connectivity index (χ1n) is 4.27. The molecule has 0 saturated carbocycles. The maximum atomic E-state index is 5.90. The lowest BCUT2D eigenvalue weighted by Gasteiger charge is -2.31. The number of rotatable bonds is 3. The second-order valence-electron chi connectivity index (χ2n) is 3.10. The van der Waals surface area contributed by atoms with Crippen LogP contribution < -0.4 is 5.09 Å². The summed E-state index contributed by atoms with van der Waals surface area (Å²) in [5.41, 5.74) is 0.948. The van der Waals surface area contributed by atoms with Crippen LogP contribution >= 0.6 is 43.0 Å². The molecule has 0 fully saturated rings. The van der Waals surface area contributed by atoms with Crippen molar-refractivity contribution in [1.29, 1.82) is 0 Å². The third-order valence-corrected chi connectivity index (χ3v) is 4.84. The van der Waals surface area contributed by atoms with Crippen LogP contribution in [-0.4, -0.2) is 22.3 Å². The molecule has 0 aliphatic rings. The van der Waals surface area contributed by atoms with Gasteiger partial charge in [0, 0.05) is 5.69 Å². The maximum Gasteiger partial charge on any atom is 0.241 e. The van der Waals surface area contributed by atoms with Gasteiger partial charge in [-0.1, -0.05) is 53.0 Å². The van der Waals surface area contributed by atoms with E-state index in [0.29, 0.717) is 0 Å². The van der Waals surface area contributed by atoms with Gasteiger partial charge in [-0.15, -0.1) is 0 Å². The number of para-hydroxylation sites is 1. The molecule has 1 N–H and O–H groups in total. The molecular formula is C9H12Cl3N2P. The lowest BCUT2D eigenvalue weighted by atomic mass is 10.3. The highest BCUT2D eigenvalue weighted by Crippen LogP contribution is 2.58. The summed E-state index contributed by atoms with van der Waals surface area (Å²) in [6.45, 7) is 0. The third kappa shape index (κ3) is 4.34. The topological polar surface area (TPSA) is 15.3 Å². The Kier molecular flexibility index (Phi) is 4.95. The van der Waals surface area contributed by atoms with Gasteiger partial charge in [0.2, 0.25) is 3.53 Å². The van der Waals surface area contributed by atoms with Gasteiger partial charge in [0.25, 0.3) is 0 Å². The highest BCUT2D eigenvalue weighted by atomic mass is 35.6. The van der Waals surface area contributed by atoms with Crippen molar-refractivity contribution in [3.8, 4) is 0 Å². The fourth-order valence-electron chi connectivity index (χ4n) is 1.03. The SMILES string of the molecule is CN(C)P(Nc1ccccc1)C(Cl)(Cl)Cl. The summed E-state index contributed by atoms with van der Waals surface area (Å²) < 4.78 is 0.573. The van der Waals surface area contributed by atoms with E-state index in [2.05, 4.69) is 5.09 Å². The predicted octanol–water partition coefficient (Wildman–Crippen LogP) is 4.30. The van der Waals surface area contributed by atoms with E-state index in [1.54, 1.807) is 0 Å². The molecule has 0 aliphatic carbocycles. The van der Waals surface area contributed by atoms with E-state index in [4.69, 9.17) is 34.8 Å². The number of hydrogen-bond acceptors (Lipinski definition) is 2. The minimum absolute atomic E-state index is 0.948. The Morgan fingerprint density at radius 2 is 1.67 bits per heavy atom. The Morgan fingerprint density at radius 3 is 2.07 bits per heavy atom. The molecule has 6 heteroatoms. The normalized spacial score (nSPS) is 14.0. The molecule has 0 amide bonds. The number of benzene rings is 1. The van der Waals surface area contributed by atoms with E-state index in [-0.39, 0.29) is 0 Å².